The Morgan fingerprint density at radius 3 is 2.19 bits per heavy atom. The van der Waals surface area contributed by atoms with Gasteiger partial charge in [0, 0.05) is 29.3 Å². The molecule has 0 spiro atoms. The number of benzene rings is 3. The van der Waals surface area contributed by atoms with Crippen molar-refractivity contribution in [3.63, 3.8) is 0 Å². The second-order valence-corrected chi connectivity index (χ2v) is 11.4. The molecule has 0 saturated carbocycles. The van der Waals surface area contributed by atoms with Crippen LogP contribution in [0.25, 0.3) is 0 Å². The Morgan fingerprint density at radius 2 is 1.56 bits per heavy atom. The molecule has 4 nitrogen and oxygen atoms in total. The number of carbonyl (C=O) groups is 2. The van der Waals surface area contributed by atoms with E-state index < -0.39 is 11.6 Å². The van der Waals surface area contributed by atoms with Crippen molar-refractivity contribution < 1.29 is 9.59 Å². The first-order chi connectivity index (χ1) is 17.1. The number of nitrogens with zero attached hydrogens (tertiary/aromatic N) is 1. The van der Waals surface area contributed by atoms with Crippen LogP contribution in [-0.2, 0) is 28.3 Å². The van der Waals surface area contributed by atoms with E-state index in [2.05, 4.69) is 5.32 Å². The van der Waals surface area contributed by atoms with Gasteiger partial charge in [-0.2, -0.15) is 0 Å². The minimum Gasteiger partial charge on any atom is -0.350 e. The summed E-state index contributed by atoms with van der Waals surface area (Å²) in [7, 11) is 0. The fraction of sp³-hybridized carbons (Fsp3) is 0.333. The lowest BCUT2D eigenvalue weighted by Gasteiger charge is -2.34. The maximum absolute atomic E-state index is 13.7. The first-order valence-corrected chi connectivity index (χ1v) is 13.7. The molecule has 1 atom stereocenters. The Morgan fingerprint density at radius 1 is 0.917 bits per heavy atom. The van der Waals surface area contributed by atoms with Gasteiger partial charge in [-0.1, -0.05) is 90.0 Å². The highest BCUT2D eigenvalue weighted by atomic mass is 35.5. The zero-order chi connectivity index (χ0) is 26.1. The Hall–Kier alpha value is -2.76. The van der Waals surface area contributed by atoms with Gasteiger partial charge in [-0.3, -0.25) is 9.59 Å². The Labute approximate surface area is 224 Å². The highest BCUT2D eigenvalue weighted by molar-refractivity contribution is 7.99. The number of hydrogen-bond donors (Lipinski definition) is 1. The van der Waals surface area contributed by atoms with Gasteiger partial charge in [-0.25, -0.2) is 0 Å². The van der Waals surface area contributed by atoms with Gasteiger partial charge in [-0.05, 0) is 50.5 Å². The molecule has 0 aliphatic carbocycles. The molecule has 36 heavy (non-hydrogen) atoms. The second kappa shape index (κ2) is 13.0. The fourth-order valence-corrected chi connectivity index (χ4v) is 5.04. The van der Waals surface area contributed by atoms with Crippen molar-refractivity contribution >= 4 is 35.2 Å². The first-order valence-electron chi connectivity index (χ1n) is 12.1. The van der Waals surface area contributed by atoms with Crippen molar-refractivity contribution in [2.45, 2.75) is 58.0 Å². The van der Waals surface area contributed by atoms with Gasteiger partial charge in [0.2, 0.25) is 11.8 Å². The Kier molecular flexibility index (Phi) is 10.0. The summed E-state index contributed by atoms with van der Waals surface area (Å²) in [5.41, 5.74) is 3.74. The quantitative estimate of drug-likeness (QED) is 0.333. The summed E-state index contributed by atoms with van der Waals surface area (Å²) in [6.45, 7) is 8.26. The molecule has 0 fully saturated rings. The Balaban J connectivity index is 1.87. The third-order valence-electron chi connectivity index (χ3n) is 5.68. The van der Waals surface area contributed by atoms with Crippen molar-refractivity contribution in [3.8, 4) is 0 Å². The number of aryl methyl sites for hydroxylation is 1. The van der Waals surface area contributed by atoms with Crippen LogP contribution in [0.3, 0.4) is 0 Å². The molecule has 3 rings (SSSR count). The molecule has 2 amide bonds. The number of amides is 2. The van der Waals surface area contributed by atoms with E-state index in [0.29, 0.717) is 23.7 Å². The molecule has 0 aliphatic rings. The molecule has 1 N–H and O–H groups in total. The zero-order valence-corrected chi connectivity index (χ0v) is 23.0. The van der Waals surface area contributed by atoms with Gasteiger partial charge in [0.05, 0.1) is 5.75 Å². The molecule has 0 bridgehead atoms. The van der Waals surface area contributed by atoms with Crippen LogP contribution >= 0.6 is 23.4 Å². The minimum atomic E-state index is -0.638. The van der Waals surface area contributed by atoms with E-state index in [-0.39, 0.29) is 17.6 Å². The fourth-order valence-electron chi connectivity index (χ4n) is 3.84. The number of halogens is 1. The standard InChI is InChI=1S/C30H35ClN2O2S/c1-22-14-16-24(17-15-22)19-33(28(34)21-36-20-25-12-8-9-13-26(25)31)27(29(35)32-30(2,3)4)18-23-10-6-5-7-11-23/h5-17,27H,18-21H2,1-4H3,(H,32,35). The molecule has 0 aliphatic heterocycles. The van der Waals surface area contributed by atoms with Crippen LogP contribution < -0.4 is 5.32 Å². The third-order valence-corrected chi connectivity index (χ3v) is 7.02. The topological polar surface area (TPSA) is 49.4 Å². The van der Waals surface area contributed by atoms with E-state index in [1.807, 2.05) is 107 Å². The average molecular weight is 523 g/mol. The molecular formula is C30H35ClN2O2S. The van der Waals surface area contributed by atoms with Gasteiger partial charge in [0.25, 0.3) is 0 Å². The van der Waals surface area contributed by atoms with E-state index in [9.17, 15) is 9.59 Å². The number of nitrogens with one attached hydrogen (secondary N) is 1. The molecule has 3 aromatic carbocycles. The molecule has 3 aromatic rings. The summed E-state index contributed by atoms with van der Waals surface area (Å²) in [6, 6.07) is 25.0. The van der Waals surface area contributed by atoms with Crippen molar-refractivity contribution in [2.24, 2.45) is 0 Å². The van der Waals surface area contributed by atoms with E-state index in [1.165, 1.54) is 11.8 Å². The summed E-state index contributed by atoms with van der Waals surface area (Å²) in [5, 5.41) is 3.80. The number of hydrogen-bond acceptors (Lipinski definition) is 3. The third kappa shape index (κ3) is 8.72. The van der Waals surface area contributed by atoms with Crippen LogP contribution in [0.15, 0.2) is 78.9 Å². The monoisotopic (exact) mass is 522 g/mol. The van der Waals surface area contributed by atoms with Crippen LogP contribution in [0.5, 0.6) is 0 Å². The van der Waals surface area contributed by atoms with Crippen LogP contribution in [0.4, 0.5) is 0 Å². The molecule has 0 aromatic heterocycles. The van der Waals surface area contributed by atoms with E-state index >= 15 is 0 Å². The van der Waals surface area contributed by atoms with Gasteiger partial charge in [0.15, 0.2) is 0 Å². The largest absolute Gasteiger partial charge is 0.350 e. The number of carbonyl (C=O) groups excluding carboxylic acids is 2. The van der Waals surface area contributed by atoms with Crippen molar-refractivity contribution in [3.05, 3.63) is 106 Å². The maximum Gasteiger partial charge on any atom is 0.243 e. The lowest BCUT2D eigenvalue weighted by Crippen LogP contribution is -2.54. The first kappa shape index (κ1) is 27.8. The second-order valence-electron chi connectivity index (χ2n) is 10.0. The summed E-state index contributed by atoms with van der Waals surface area (Å²) < 4.78 is 0. The minimum absolute atomic E-state index is 0.0716. The van der Waals surface area contributed by atoms with Gasteiger partial charge in [-0.15, -0.1) is 11.8 Å². The van der Waals surface area contributed by atoms with Gasteiger partial charge in [0.1, 0.15) is 6.04 Å². The summed E-state index contributed by atoms with van der Waals surface area (Å²) >= 11 is 7.82. The molecule has 0 saturated heterocycles. The van der Waals surface area contributed by atoms with Crippen molar-refractivity contribution in [1.82, 2.24) is 10.2 Å². The summed E-state index contributed by atoms with van der Waals surface area (Å²) in [5.74, 6) is 0.660. The average Bonchev–Trinajstić information content (AvgIpc) is 2.83. The van der Waals surface area contributed by atoms with Crippen LogP contribution in [-0.4, -0.2) is 34.0 Å². The summed E-state index contributed by atoms with van der Waals surface area (Å²) in [6.07, 6.45) is 0.440. The number of rotatable bonds is 10. The zero-order valence-electron chi connectivity index (χ0n) is 21.5. The van der Waals surface area contributed by atoms with Gasteiger partial charge >= 0.3 is 0 Å². The predicted octanol–water partition coefficient (Wildman–Crippen LogP) is 6.44. The van der Waals surface area contributed by atoms with Crippen LogP contribution in [0, 0.1) is 6.92 Å². The molecule has 0 heterocycles. The lowest BCUT2D eigenvalue weighted by atomic mass is 10.0. The predicted molar refractivity (Wildman–Crippen MR) is 151 cm³/mol. The maximum atomic E-state index is 13.7. The number of thioether (sulfide) groups is 1. The molecule has 1 unspecified atom stereocenters. The summed E-state index contributed by atoms with van der Waals surface area (Å²) in [4.78, 5) is 29.0. The highest BCUT2D eigenvalue weighted by Gasteiger charge is 2.32. The van der Waals surface area contributed by atoms with E-state index in [1.54, 1.807) is 4.90 Å². The SMILES string of the molecule is Cc1ccc(CN(C(=O)CSCc2ccccc2Cl)C(Cc2ccccc2)C(=O)NC(C)(C)C)cc1. The van der Waals surface area contributed by atoms with Crippen molar-refractivity contribution in [2.75, 3.05) is 5.75 Å². The lowest BCUT2D eigenvalue weighted by molar-refractivity contribution is -0.140. The van der Waals surface area contributed by atoms with Crippen molar-refractivity contribution in [1.29, 1.82) is 0 Å². The normalized spacial score (nSPS) is 12.1. The molecule has 6 heteroatoms. The molecule has 0 radical (unpaired) electrons. The Bertz CT molecular complexity index is 1140. The smallest absolute Gasteiger partial charge is 0.243 e. The molecule has 190 valence electrons. The van der Waals surface area contributed by atoms with Gasteiger partial charge < -0.3 is 10.2 Å². The van der Waals surface area contributed by atoms with E-state index in [4.69, 9.17) is 11.6 Å². The van der Waals surface area contributed by atoms with E-state index in [0.717, 1.165) is 22.3 Å². The highest BCUT2D eigenvalue weighted by Crippen LogP contribution is 2.23. The molecular weight excluding hydrogens is 488 g/mol. The van der Waals surface area contributed by atoms with Crippen LogP contribution in [0.2, 0.25) is 5.02 Å². The van der Waals surface area contributed by atoms with Crippen LogP contribution in [0.1, 0.15) is 43.0 Å².